The molecule has 38 heavy (non-hydrogen) atoms. The van der Waals surface area contributed by atoms with Gasteiger partial charge in [0.25, 0.3) is 0 Å². The molecule has 0 saturated carbocycles. The third kappa shape index (κ3) is 7.17. The molecule has 0 aliphatic heterocycles. The number of rotatable bonds is 13. The monoisotopic (exact) mass is 527 g/mol. The minimum atomic E-state index is -1.56. The number of carbonyl (C=O) groups is 4. The van der Waals surface area contributed by atoms with Crippen molar-refractivity contribution in [2.75, 3.05) is 6.61 Å². The largest absolute Gasteiger partial charge is 0.480 e. The van der Waals surface area contributed by atoms with Crippen molar-refractivity contribution in [2.24, 2.45) is 11.7 Å². The number of H-pyrrole nitrogens is 2. The van der Waals surface area contributed by atoms with E-state index in [1.54, 1.807) is 20.0 Å². The molecule has 0 aliphatic rings. The van der Waals surface area contributed by atoms with Gasteiger partial charge in [-0.3, -0.25) is 14.4 Å². The molecule has 0 bridgehead atoms. The summed E-state index contributed by atoms with van der Waals surface area (Å²) in [7, 11) is 0. The van der Waals surface area contributed by atoms with Crippen LogP contribution < -0.4 is 21.7 Å². The number of carboxylic acid groups (broad SMARTS) is 1. The number of aromatic nitrogens is 3. The summed E-state index contributed by atoms with van der Waals surface area (Å²) in [5.41, 5.74) is 8.04. The van der Waals surface area contributed by atoms with E-state index in [9.17, 15) is 29.4 Å². The number of aliphatic carboxylic acids is 1. The number of imidazole rings is 1. The molecule has 3 aromatic rings. The van der Waals surface area contributed by atoms with Crippen LogP contribution in [0.25, 0.3) is 10.9 Å². The van der Waals surface area contributed by atoms with E-state index in [0.717, 1.165) is 10.9 Å². The number of para-hydroxylation sites is 1. The summed E-state index contributed by atoms with van der Waals surface area (Å²) in [4.78, 5) is 60.6. The van der Waals surface area contributed by atoms with Gasteiger partial charge in [0.1, 0.15) is 18.1 Å². The number of nitrogens with two attached hydrogens (primary N) is 1. The summed E-state index contributed by atoms with van der Waals surface area (Å²) in [6.07, 6.45) is 4.68. The van der Waals surface area contributed by atoms with Crippen LogP contribution in [0.3, 0.4) is 0 Å². The third-order valence-corrected chi connectivity index (χ3v) is 6.16. The van der Waals surface area contributed by atoms with Gasteiger partial charge in [-0.1, -0.05) is 32.0 Å². The smallest absolute Gasteiger partial charge is 0.328 e. The SMILES string of the molecule is CC(C)C(N)C(=O)NC(Cc1cnc[nH]1)C(=O)NC(Cc1c[nH]c2ccccc12)C(=O)NC(CO)C(=O)O. The van der Waals surface area contributed by atoms with Crippen molar-refractivity contribution in [1.82, 2.24) is 30.9 Å². The Kier molecular flexibility index (Phi) is 9.57. The predicted molar refractivity (Wildman–Crippen MR) is 138 cm³/mol. The second-order valence-electron chi connectivity index (χ2n) is 9.32. The van der Waals surface area contributed by atoms with Crippen LogP contribution in [0.4, 0.5) is 0 Å². The molecule has 4 atom stereocenters. The Balaban J connectivity index is 1.87. The summed E-state index contributed by atoms with van der Waals surface area (Å²) >= 11 is 0. The Morgan fingerprint density at radius 3 is 2.18 bits per heavy atom. The quantitative estimate of drug-likeness (QED) is 0.140. The van der Waals surface area contributed by atoms with E-state index in [-0.39, 0.29) is 18.8 Å². The van der Waals surface area contributed by atoms with Crippen LogP contribution in [0.5, 0.6) is 0 Å². The maximum absolute atomic E-state index is 13.4. The van der Waals surface area contributed by atoms with E-state index in [1.807, 2.05) is 24.3 Å². The molecule has 0 fully saturated rings. The minimum Gasteiger partial charge on any atom is -0.480 e. The first-order valence-corrected chi connectivity index (χ1v) is 12.1. The molecular formula is C25H33N7O6. The molecule has 0 spiro atoms. The van der Waals surface area contributed by atoms with Gasteiger partial charge in [-0.15, -0.1) is 0 Å². The Morgan fingerprint density at radius 1 is 0.947 bits per heavy atom. The van der Waals surface area contributed by atoms with Gasteiger partial charge in [-0.05, 0) is 17.5 Å². The minimum absolute atomic E-state index is 0.00951. The fraction of sp³-hybridized carbons (Fsp3) is 0.400. The highest BCUT2D eigenvalue weighted by atomic mass is 16.4. The number of aliphatic hydroxyl groups excluding tert-OH is 1. The van der Waals surface area contributed by atoms with Crippen molar-refractivity contribution in [2.45, 2.75) is 50.9 Å². The Bertz CT molecular complexity index is 1260. The van der Waals surface area contributed by atoms with Crippen LogP contribution in [0.2, 0.25) is 0 Å². The molecule has 204 valence electrons. The highest BCUT2D eigenvalue weighted by Gasteiger charge is 2.31. The molecule has 13 heteroatoms. The van der Waals surface area contributed by atoms with Gasteiger partial charge in [0.05, 0.1) is 19.0 Å². The molecule has 3 rings (SSSR count). The second kappa shape index (κ2) is 12.8. The molecule has 2 aromatic heterocycles. The Labute approximate surface area is 218 Å². The Hall–Kier alpha value is -4.23. The van der Waals surface area contributed by atoms with Crippen LogP contribution in [-0.2, 0) is 32.0 Å². The van der Waals surface area contributed by atoms with Crippen LogP contribution >= 0.6 is 0 Å². The number of aromatic amines is 2. The second-order valence-corrected chi connectivity index (χ2v) is 9.32. The number of benzene rings is 1. The van der Waals surface area contributed by atoms with Gasteiger partial charge < -0.3 is 41.9 Å². The van der Waals surface area contributed by atoms with E-state index >= 15 is 0 Å². The van der Waals surface area contributed by atoms with Gasteiger partial charge in [-0.25, -0.2) is 9.78 Å². The molecule has 2 heterocycles. The average molecular weight is 528 g/mol. The van der Waals surface area contributed by atoms with E-state index in [0.29, 0.717) is 11.3 Å². The fourth-order valence-corrected chi connectivity index (χ4v) is 3.86. The van der Waals surface area contributed by atoms with Crippen molar-refractivity contribution < 1.29 is 29.4 Å². The maximum atomic E-state index is 13.4. The highest BCUT2D eigenvalue weighted by molar-refractivity contribution is 5.95. The first kappa shape index (κ1) is 28.3. The average Bonchev–Trinajstić information content (AvgIpc) is 3.55. The number of carbonyl (C=O) groups excluding carboxylic acids is 3. The zero-order valence-corrected chi connectivity index (χ0v) is 21.1. The summed E-state index contributed by atoms with van der Waals surface area (Å²) in [6, 6.07) is 2.61. The van der Waals surface area contributed by atoms with Crippen LogP contribution in [-0.4, -0.2) is 79.6 Å². The number of carboxylic acids is 1. The summed E-state index contributed by atoms with van der Waals surface area (Å²) in [5, 5.41) is 27.0. The van der Waals surface area contributed by atoms with Crippen LogP contribution in [0, 0.1) is 5.92 Å². The number of nitrogens with zero attached hydrogens (tertiary/aromatic N) is 1. The van der Waals surface area contributed by atoms with Gasteiger partial charge in [0.15, 0.2) is 0 Å². The van der Waals surface area contributed by atoms with Gasteiger partial charge in [-0.2, -0.15) is 0 Å². The zero-order chi connectivity index (χ0) is 27.8. The predicted octanol–water partition coefficient (Wildman–Crippen LogP) is -0.809. The zero-order valence-electron chi connectivity index (χ0n) is 21.1. The molecule has 3 amide bonds. The van der Waals surface area contributed by atoms with E-state index in [4.69, 9.17) is 5.73 Å². The lowest BCUT2D eigenvalue weighted by Gasteiger charge is -2.25. The number of nitrogens with one attached hydrogen (secondary N) is 5. The van der Waals surface area contributed by atoms with Crippen molar-refractivity contribution in [3.63, 3.8) is 0 Å². The standard InChI is InChI=1S/C25H33N7O6/c1-13(2)21(26)24(36)31-19(8-15-10-27-12-29-15)23(35)30-18(22(34)32-20(11-33)25(37)38)7-14-9-28-17-6-4-3-5-16(14)17/h3-6,9-10,12-13,18-21,28,33H,7-8,11,26H2,1-2H3,(H,27,29)(H,30,35)(H,31,36)(H,32,34)(H,37,38). The number of hydrogen-bond acceptors (Lipinski definition) is 7. The van der Waals surface area contributed by atoms with Crippen molar-refractivity contribution in [3.05, 3.63) is 54.2 Å². The third-order valence-electron chi connectivity index (χ3n) is 6.16. The first-order chi connectivity index (χ1) is 18.1. The van der Waals surface area contributed by atoms with Crippen LogP contribution in [0.15, 0.2) is 43.0 Å². The molecule has 4 unspecified atom stereocenters. The fourth-order valence-electron chi connectivity index (χ4n) is 3.86. The van der Waals surface area contributed by atoms with Crippen LogP contribution in [0.1, 0.15) is 25.1 Å². The molecular weight excluding hydrogens is 494 g/mol. The number of aliphatic hydroxyl groups is 1. The van der Waals surface area contributed by atoms with Gasteiger partial charge in [0, 0.05) is 41.8 Å². The van der Waals surface area contributed by atoms with Crippen molar-refractivity contribution in [1.29, 1.82) is 0 Å². The number of fused-ring (bicyclic) bond motifs is 1. The molecule has 9 N–H and O–H groups in total. The summed E-state index contributed by atoms with van der Waals surface area (Å²) in [5.74, 6) is -3.64. The Morgan fingerprint density at radius 2 is 1.58 bits per heavy atom. The topological polar surface area (TPSA) is 215 Å². The number of amides is 3. The molecule has 1 aromatic carbocycles. The van der Waals surface area contributed by atoms with Gasteiger partial charge >= 0.3 is 5.97 Å². The maximum Gasteiger partial charge on any atom is 0.328 e. The molecule has 0 aliphatic carbocycles. The molecule has 13 nitrogen and oxygen atoms in total. The molecule has 0 radical (unpaired) electrons. The van der Waals surface area contributed by atoms with Gasteiger partial charge in [0.2, 0.25) is 17.7 Å². The lowest BCUT2D eigenvalue weighted by Crippen LogP contribution is -2.58. The summed E-state index contributed by atoms with van der Waals surface area (Å²) < 4.78 is 0. The highest BCUT2D eigenvalue weighted by Crippen LogP contribution is 2.19. The van der Waals surface area contributed by atoms with E-state index in [2.05, 4.69) is 30.9 Å². The normalized spacial score (nSPS) is 14.4. The van der Waals surface area contributed by atoms with Crippen molar-refractivity contribution >= 4 is 34.6 Å². The van der Waals surface area contributed by atoms with E-state index < -0.39 is 54.5 Å². The summed E-state index contributed by atoms with van der Waals surface area (Å²) in [6.45, 7) is 2.71. The molecule has 0 saturated heterocycles. The van der Waals surface area contributed by atoms with Crippen molar-refractivity contribution in [3.8, 4) is 0 Å². The number of hydrogen-bond donors (Lipinski definition) is 8. The van der Waals surface area contributed by atoms with E-state index in [1.165, 1.54) is 12.5 Å². The lowest BCUT2D eigenvalue weighted by atomic mass is 10.0. The lowest BCUT2D eigenvalue weighted by molar-refractivity contribution is -0.143. The first-order valence-electron chi connectivity index (χ1n) is 12.1.